The van der Waals surface area contributed by atoms with Crippen LogP contribution in [0.4, 0.5) is 11.4 Å². The highest BCUT2D eigenvalue weighted by molar-refractivity contribution is 6.33. The lowest BCUT2D eigenvalue weighted by molar-refractivity contribution is -0.384. The monoisotopic (exact) mass is 266 g/mol. The molecule has 0 saturated heterocycles. The van der Waals surface area contributed by atoms with Gasteiger partial charge in [0.1, 0.15) is 5.02 Å². The van der Waals surface area contributed by atoms with E-state index in [1.807, 2.05) is 6.92 Å². The second-order valence-corrected chi connectivity index (χ2v) is 4.44. The zero-order chi connectivity index (χ0) is 13.7. The van der Waals surface area contributed by atoms with Crippen LogP contribution in [0.5, 0.6) is 0 Å². The number of terminal acetylenes is 1. The molecule has 0 amide bonds. The van der Waals surface area contributed by atoms with Crippen LogP contribution in [-0.2, 0) is 0 Å². The van der Waals surface area contributed by atoms with E-state index >= 15 is 0 Å². The highest BCUT2D eigenvalue weighted by atomic mass is 35.5. The normalized spacial score (nSPS) is 11.7. The SMILES string of the molecule is C#CC(CCC)Nc1cc(Cl)c([N+](=O)[O-])cc1C. The summed E-state index contributed by atoms with van der Waals surface area (Å²) in [4.78, 5) is 10.2. The smallest absolute Gasteiger partial charge is 0.288 e. The Kier molecular flexibility index (Phi) is 4.99. The van der Waals surface area contributed by atoms with Crippen molar-refractivity contribution in [2.45, 2.75) is 32.7 Å². The number of anilines is 1. The number of hydrogen-bond donors (Lipinski definition) is 1. The highest BCUT2D eigenvalue weighted by Gasteiger charge is 2.16. The standard InChI is InChI=1S/C13H15ClN2O2/c1-4-6-10(5-2)15-12-8-11(14)13(16(17)18)7-9(12)3/h2,7-8,10,15H,4,6H2,1,3H3. The molecule has 0 radical (unpaired) electrons. The minimum atomic E-state index is -0.496. The molecule has 96 valence electrons. The second-order valence-electron chi connectivity index (χ2n) is 4.03. The van der Waals surface area contributed by atoms with Gasteiger partial charge in [0, 0.05) is 11.8 Å². The Morgan fingerprint density at radius 2 is 2.28 bits per heavy atom. The second kappa shape index (κ2) is 6.27. The predicted molar refractivity (Wildman–Crippen MR) is 74.0 cm³/mol. The van der Waals surface area contributed by atoms with Gasteiger partial charge in [-0.15, -0.1) is 6.42 Å². The van der Waals surface area contributed by atoms with Crippen molar-refractivity contribution in [3.8, 4) is 12.3 Å². The third-order valence-electron chi connectivity index (χ3n) is 2.60. The summed E-state index contributed by atoms with van der Waals surface area (Å²) in [5.74, 6) is 2.65. The van der Waals surface area contributed by atoms with Crippen molar-refractivity contribution in [1.82, 2.24) is 0 Å². The van der Waals surface area contributed by atoms with Gasteiger partial charge in [0.15, 0.2) is 0 Å². The topological polar surface area (TPSA) is 55.2 Å². The predicted octanol–water partition coefficient (Wildman–Crippen LogP) is 3.77. The van der Waals surface area contributed by atoms with Crippen LogP contribution in [0, 0.1) is 29.4 Å². The first-order chi connectivity index (χ1) is 8.49. The van der Waals surface area contributed by atoms with Crippen molar-refractivity contribution in [3.63, 3.8) is 0 Å². The third kappa shape index (κ3) is 3.38. The maximum Gasteiger partial charge on any atom is 0.288 e. The van der Waals surface area contributed by atoms with Crippen LogP contribution >= 0.6 is 11.6 Å². The van der Waals surface area contributed by atoms with E-state index in [-0.39, 0.29) is 16.8 Å². The largest absolute Gasteiger partial charge is 0.371 e. The van der Waals surface area contributed by atoms with Gasteiger partial charge in [-0.3, -0.25) is 10.1 Å². The molecular weight excluding hydrogens is 252 g/mol. The maximum atomic E-state index is 10.7. The molecule has 0 saturated carbocycles. The average molecular weight is 267 g/mol. The molecule has 4 nitrogen and oxygen atoms in total. The molecule has 0 heterocycles. The molecule has 0 bridgehead atoms. The molecule has 1 aromatic rings. The third-order valence-corrected chi connectivity index (χ3v) is 2.90. The number of aryl methyl sites for hydroxylation is 1. The Morgan fingerprint density at radius 3 is 2.78 bits per heavy atom. The molecule has 0 spiro atoms. The van der Waals surface area contributed by atoms with Crippen LogP contribution in [0.2, 0.25) is 5.02 Å². The van der Waals surface area contributed by atoms with Crippen LogP contribution in [-0.4, -0.2) is 11.0 Å². The summed E-state index contributed by atoms with van der Waals surface area (Å²) in [6.45, 7) is 3.83. The van der Waals surface area contributed by atoms with E-state index < -0.39 is 4.92 Å². The summed E-state index contributed by atoms with van der Waals surface area (Å²) < 4.78 is 0. The zero-order valence-electron chi connectivity index (χ0n) is 10.4. The molecule has 0 aliphatic carbocycles. The number of nitro groups is 1. The lowest BCUT2D eigenvalue weighted by atomic mass is 10.1. The first-order valence-electron chi connectivity index (χ1n) is 5.66. The van der Waals surface area contributed by atoms with Gasteiger partial charge in [-0.2, -0.15) is 0 Å². The van der Waals surface area contributed by atoms with Crippen LogP contribution in [0.1, 0.15) is 25.3 Å². The Labute approximate surface area is 111 Å². The molecule has 0 fully saturated rings. The molecule has 1 N–H and O–H groups in total. The fraction of sp³-hybridized carbons (Fsp3) is 0.385. The first-order valence-corrected chi connectivity index (χ1v) is 6.04. The Hall–Kier alpha value is -1.73. The highest BCUT2D eigenvalue weighted by Crippen LogP contribution is 2.31. The summed E-state index contributed by atoms with van der Waals surface area (Å²) >= 11 is 5.87. The van der Waals surface area contributed by atoms with E-state index in [4.69, 9.17) is 18.0 Å². The van der Waals surface area contributed by atoms with Gasteiger partial charge in [0.25, 0.3) is 5.69 Å². The van der Waals surface area contributed by atoms with E-state index in [0.717, 1.165) is 24.1 Å². The number of nitro benzene ring substituents is 1. The summed E-state index contributed by atoms with van der Waals surface area (Å²) in [6, 6.07) is 2.91. The van der Waals surface area contributed by atoms with Crippen LogP contribution in [0.15, 0.2) is 12.1 Å². The van der Waals surface area contributed by atoms with Crippen molar-refractivity contribution in [1.29, 1.82) is 0 Å². The van der Waals surface area contributed by atoms with Crippen molar-refractivity contribution < 1.29 is 4.92 Å². The Bertz CT molecular complexity index is 494. The van der Waals surface area contributed by atoms with Crippen molar-refractivity contribution in [2.75, 3.05) is 5.32 Å². The number of rotatable bonds is 5. The fourth-order valence-electron chi connectivity index (χ4n) is 1.64. The zero-order valence-corrected chi connectivity index (χ0v) is 11.1. The van der Waals surface area contributed by atoms with Gasteiger partial charge in [-0.05, 0) is 25.0 Å². The minimum Gasteiger partial charge on any atom is -0.371 e. The minimum absolute atomic E-state index is 0.0903. The number of nitrogens with zero attached hydrogens (tertiary/aromatic N) is 1. The van der Waals surface area contributed by atoms with Gasteiger partial charge in [0.05, 0.1) is 11.0 Å². The summed E-state index contributed by atoms with van der Waals surface area (Å²) in [5, 5.41) is 14.0. The molecule has 0 aliphatic heterocycles. The van der Waals surface area contributed by atoms with E-state index in [1.165, 1.54) is 6.07 Å². The molecule has 18 heavy (non-hydrogen) atoms. The van der Waals surface area contributed by atoms with Gasteiger partial charge < -0.3 is 5.32 Å². The van der Waals surface area contributed by atoms with Crippen molar-refractivity contribution in [2.24, 2.45) is 0 Å². The summed E-state index contributed by atoms with van der Waals surface area (Å²) in [6.07, 6.45) is 7.22. The molecule has 5 heteroatoms. The quantitative estimate of drug-likeness (QED) is 0.501. The van der Waals surface area contributed by atoms with E-state index in [9.17, 15) is 10.1 Å². The van der Waals surface area contributed by atoms with Crippen LogP contribution < -0.4 is 5.32 Å². The molecule has 1 atom stereocenters. The van der Waals surface area contributed by atoms with E-state index in [2.05, 4.69) is 11.2 Å². The fourth-order valence-corrected chi connectivity index (χ4v) is 1.87. The van der Waals surface area contributed by atoms with Gasteiger partial charge in [-0.1, -0.05) is 30.9 Å². The summed E-state index contributed by atoms with van der Waals surface area (Å²) in [5.41, 5.74) is 1.40. The lowest BCUT2D eigenvalue weighted by Gasteiger charge is -2.15. The van der Waals surface area contributed by atoms with Crippen LogP contribution in [0.3, 0.4) is 0 Å². The Morgan fingerprint density at radius 1 is 1.61 bits per heavy atom. The van der Waals surface area contributed by atoms with Gasteiger partial charge in [0.2, 0.25) is 0 Å². The average Bonchev–Trinajstić information content (AvgIpc) is 2.32. The number of nitrogens with one attached hydrogen (secondary N) is 1. The van der Waals surface area contributed by atoms with Crippen molar-refractivity contribution >= 4 is 23.0 Å². The summed E-state index contributed by atoms with van der Waals surface area (Å²) in [7, 11) is 0. The molecular formula is C13H15ClN2O2. The molecule has 0 aromatic heterocycles. The van der Waals surface area contributed by atoms with Crippen molar-refractivity contribution in [3.05, 3.63) is 32.8 Å². The lowest BCUT2D eigenvalue weighted by Crippen LogP contribution is -2.17. The Balaban J connectivity index is 3.01. The molecule has 0 aliphatic rings. The van der Waals surface area contributed by atoms with E-state index in [1.54, 1.807) is 13.0 Å². The van der Waals surface area contributed by atoms with Crippen LogP contribution in [0.25, 0.3) is 0 Å². The van der Waals surface area contributed by atoms with Gasteiger partial charge >= 0.3 is 0 Å². The maximum absolute atomic E-state index is 10.7. The molecule has 1 unspecified atom stereocenters. The van der Waals surface area contributed by atoms with E-state index in [0.29, 0.717) is 0 Å². The molecule has 1 aromatic carbocycles. The number of benzene rings is 1. The first kappa shape index (κ1) is 14.3. The number of hydrogen-bond acceptors (Lipinski definition) is 3. The number of halogens is 1. The molecule has 1 rings (SSSR count). The van der Waals surface area contributed by atoms with Gasteiger partial charge in [-0.25, -0.2) is 0 Å².